The minimum atomic E-state index is -0.351. The first kappa shape index (κ1) is 22.2. The van der Waals surface area contributed by atoms with Crippen LogP contribution < -0.4 is 9.47 Å². The van der Waals surface area contributed by atoms with Crippen molar-refractivity contribution < 1.29 is 19.7 Å². The number of aliphatic hydroxyl groups is 2. The molecule has 2 N–H and O–H groups in total. The van der Waals surface area contributed by atoms with Crippen LogP contribution in [0.3, 0.4) is 0 Å². The maximum absolute atomic E-state index is 9.10. The van der Waals surface area contributed by atoms with Gasteiger partial charge in [0.25, 0.3) is 0 Å². The number of hydrogen-bond acceptors (Lipinski definition) is 4. The van der Waals surface area contributed by atoms with E-state index < -0.39 is 0 Å². The Morgan fingerprint density at radius 3 is 1.53 bits per heavy atom. The Hall–Kier alpha value is -3.60. The first-order valence-corrected chi connectivity index (χ1v) is 11.6. The van der Waals surface area contributed by atoms with Crippen molar-refractivity contribution in [3.63, 3.8) is 0 Å². The molecule has 4 nitrogen and oxygen atoms in total. The minimum absolute atomic E-state index is 0.00353. The van der Waals surface area contributed by atoms with E-state index in [4.69, 9.17) is 19.7 Å². The molecule has 0 saturated carbocycles. The third kappa shape index (κ3) is 3.96. The highest BCUT2D eigenvalue weighted by Crippen LogP contribution is 2.54. The van der Waals surface area contributed by atoms with Crippen LogP contribution in [0.5, 0.6) is 11.5 Å². The standard InChI is InChI=1S/C30H28O4/c31-17-19-33-24-13-9-22(10-14-24)21-30(23-11-15-25(16-12-23)34-20-18-32)28-7-3-1-5-26(28)27-6-2-4-8-29(27)30/h1-16,31-32H,17-21H2. The molecule has 0 saturated heterocycles. The normalized spacial score (nSPS) is 13.2. The van der Waals surface area contributed by atoms with E-state index in [1.165, 1.54) is 33.4 Å². The zero-order valence-electron chi connectivity index (χ0n) is 19.0. The van der Waals surface area contributed by atoms with Gasteiger partial charge in [-0.25, -0.2) is 0 Å². The summed E-state index contributed by atoms with van der Waals surface area (Å²) in [5, 5.41) is 18.1. The summed E-state index contributed by atoms with van der Waals surface area (Å²) in [5.74, 6) is 1.50. The summed E-state index contributed by atoms with van der Waals surface area (Å²) in [6.07, 6.45) is 0.790. The summed E-state index contributed by atoms with van der Waals surface area (Å²) in [6.45, 7) is 0.552. The van der Waals surface area contributed by atoms with E-state index in [1.807, 2.05) is 24.3 Å². The van der Waals surface area contributed by atoms with E-state index in [1.54, 1.807) is 0 Å². The lowest BCUT2D eigenvalue weighted by atomic mass is 9.68. The molecule has 34 heavy (non-hydrogen) atoms. The van der Waals surface area contributed by atoms with Gasteiger partial charge < -0.3 is 19.7 Å². The van der Waals surface area contributed by atoms with Crippen LogP contribution in [0.15, 0.2) is 97.1 Å². The summed E-state index contributed by atoms with van der Waals surface area (Å²) < 4.78 is 11.2. The second-order valence-corrected chi connectivity index (χ2v) is 8.49. The molecule has 172 valence electrons. The highest BCUT2D eigenvalue weighted by Gasteiger charge is 2.44. The molecule has 1 aliphatic rings. The van der Waals surface area contributed by atoms with Crippen molar-refractivity contribution in [1.29, 1.82) is 0 Å². The third-order valence-electron chi connectivity index (χ3n) is 6.52. The van der Waals surface area contributed by atoms with Gasteiger partial charge in [-0.15, -0.1) is 0 Å². The Balaban J connectivity index is 1.63. The molecule has 0 heterocycles. The van der Waals surface area contributed by atoms with Crippen molar-refractivity contribution >= 4 is 0 Å². The molecule has 1 aliphatic carbocycles. The molecule has 4 heteroatoms. The molecule has 0 radical (unpaired) electrons. The first-order valence-electron chi connectivity index (χ1n) is 11.6. The van der Waals surface area contributed by atoms with Crippen LogP contribution in [-0.4, -0.2) is 36.6 Å². The topological polar surface area (TPSA) is 58.9 Å². The highest BCUT2D eigenvalue weighted by atomic mass is 16.5. The predicted octanol–water partition coefficient (Wildman–Crippen LogP) is 4.99. The van der Waals surface area contributed by atoms with Crippen LogP contribution in [0.25, 0.3) is 11.1 Å². The fourth-order valence-corrected chi connectivity index (χ4v) is 5.10. The monoisotopic (exact) mass is 452 g/mol. The van der Waals surface area contributed by atoms with Gasteiger partial charge in [0.2, 0.25) is 0 Å². The van der Waals surface area contributed by atoms with Gasteiger partial charge in [0.1, 0.15) is 24.7 Å². The highest BCUT2D eigenvalue weighted by molar-refractivity contribution is 5.83. The molecule has 0 amide bonds. The van der Waals surface area contributed by atoms with Crippen LogP contribution in [0, 0.1) is 0 Å². The molecule has 0 fully saturated rings. The predicted molar refractivity (Wildman–Crippen MR) is 134 cm³/mol. The van der Waals surface area contributed by atoms with Crippen molar-refractivity contribution in [2.24, 2.45) is 0 Å². The molecule has 0 bridgehead atoms. The van der Waals surface area contributed by atoms with Gasteiger partial charge in [-0.1, -0.05) is 72.8 Å². The molecule has 0 aromatic heterocycles. The summed E-state index contributed by atoms with van der Waals surface area (Å²) >= 11 is 0. The maximum Gasteiger partial charge on any atom is 0.119 e. The average molecular weight is 453 g/mol. The lowest BCUT2D eigenvalue weighted by Crippen LogP contribution is -2.29. The van der Waals surface area contributed by atoms with Crippen molar-refractivity contribution in [3.05, 3.63) is 119 Å². The number of fused-ring (bicyclic) bond motifs is 3. The quantitative estimate of drug-likeness (QED) is 0.376. The van der Waals surface area contributed by atoms with Gasteiger partial charge in [-0.2, -0.15) is 0 Å². The van der Waals surface area contributed by atoms with Crippen molar-refractivity contribution in [2.75, 3.05) is 26.4 Å². The number of benzene rings is 4. The summed E-state index contributed by atoms with van der Waals surface area (Å²) in [5.41, 5.74) is 7.16. The average Bonchev–Trinajstić information content (AvgIpc) is 3.18. The zero-order valence-corrected chi connectivity index (χ0v) is 19.0. The molecule has 0 atom stereocenters. The second kappa shape index (κ2) is 9.72. The van der Waals surface area contributed by atoms with Gasteiger partial charge in [0, 0.05) is 0 Å². The Morgan fingerprint density at radius 1 is 0.559 bits per heavy atom. The SMILES string of the molecule is OCCOc1ccc(CC2(c3ccc(OCCO)cc3)c3ccccc3-c3ccccc32)cc1. The number of hydrogen-bond donors (Lipinski definition) is 2. The fraction of sp³-hybridized carbons (Fsp3) is 0.200. The van der Waals surface area contributed by atoms with Crippen LogP contribution in [0.2, 0.25) is 0 Å². The lowest BCUT2D eigenvalue weighted by Gasteiger charge is -2.33. The minimum Gasteiger partial charge on any atom is -0.491 e. The van der Waals surface area contributed by atoms with E-state index in [0.717, 1.165) is 17.9 Å². The number of rotatable bonds is 9. The number of ether oxygens (including phenoxy) is 2. The first-order chi connectivity index (χ1) is 16.8. The molecule has 4 aromatic rings. The van der Waals surface area contributed by atoms with Gasteiger partial charge in [-0.05, 0) is 64.1 Å². The maximum atomic E-state index is 9.10. The largest absolute Gasteiger partial charge is 0.491 e. The molecular weight excluding hydrogens is 424 g/mol. The second-order valence-electron chi connectivity index (χ2n) is 8.49. The van der Waals surface area contributed by atoms with Crippen molar-refractivity contribution in [2.45, 2.75) is 11.8 Å². The summed E-state index contributed by atoms with van der Waals surface area (Å²) in [4.78, 5) is 0. The third-order valence-corrected chi connectivity index (χ3v) is 6.52. The van der Waals surface area contributed by atoms with Crippen LogP contribution >= 0.6 is 0 Å². The fourth-order valence-electron chi connectivity index (χ4n) is 5.10. The Kier molecular flexibility index (Phi) is 6.35. The van der Waals surface area contributed by atoms with Gasteiger partial charge in [0.15, 0.2) is 0 Å². The summed E-state index contributed by atoms with van der Waals surface area (Å²) in [7, 11) is 0. The smallest absolute Gasteiger partial charge is 0.119 e. The molecule has 0 unspecified atom stereocenters. The van der Waals surface area contributed by atoms with E-state index >= 15 is 0 Å². The van der Waals surface area contributed by atoms with Crippen LogP contribution in [0.1, 0.15) is 22.3 Å². The molecule has 0 spiro atoms. The molecule has 4 aromatic carbocycles. The molecule has 0 aliphatic heterocycles. The van der Waals surface area contributed by atoms with E-state index in [0.29, 0.717) is 0 Å². The van der Waals surface area contributed by atoms with Gasteiger partial charge in [-0.3, -0.25) is 0 Å². The van der Waals surface area contributed by atoms with Crippen LogP contribution in [0.4, 0.5) is 0 Å². The Morgan fingerprint density at radius 2 is 1.03 bits per heavy atom. The van der Waals surface area contributed by atoms with Crippen LogP contribution in [-0.2, 0) is 11.8 Å². The Labute approximate surface area is 200 Å². The van der Waals surface area contributed by atoms with E-state index in [-0.39, 0.29) is 31.8 Å². The van der Waals surface area contributed by atoms with Gasteiger partial charge >= 0.3 is 0 Å². The van der Waals surface area contributed by atoms with Crippen molar-refractivity contribution in [1.82, 2.24) is 0 Å². The lowest BCUT2D eigenvalue weighted by molar-refractivity contribution is 0.201. The van der Waals surface area contributed by atoms with Gasteiger partial charge in [0.05, 0.1) is 18.6 Å². The molecular formula is C30H28O4. The Bertz CT molecular complexity index is 1200. The summed E-state index contributed by atoms with van der Waals surface area (Å²) in [6, 6.07) is 33.7. The number of aliphatic hydroxyl groups excluding tert-OH is 2. The zero-order chi connectivity index (χ0) is 23.4. The molecule has 5 rings (SSSR count). The van der Waals surface area contributed by atoms with Crippen molar-refractivity contribution in [3.8, 4) is 22.6 Å². The van der Waals surface area contributed by atoms with E-state index in [9.17, 15) is 0 Å². The van der Waals surface area contributed by atoms with E-state index in [2.05, 4.69) is 72.8 Å².